The van der Waals surface area contributed by atoms with Crippen LogP contribution in [0.2, 0.25) is 0 Å². The van der Waals surface area contributed by atoms with E-state index in [0.717, 1.165) is 33.2 Å². The monoisotopic (exact) mass is 378 g/mol. The number of ether oxygens (including phenoxy) is 1. The van der Waals surface area contributed by atoms with Crippen molar-refractivity contribution in [2.45, 2.75) is 0 Å². The molecule has 1 heterocycles. The van der Waals surface area contributed by atoms with Gasteiger partial charge in [-0.05, 0) is 58.3 Å². The van der Waals surface area contributed by atoms with Gasteiger partial charge in [-0.1, -0.05) is 48.5 Å². The third-order valence-corrected chi connectivity index (χ3v) is 5.19. The lowest BCUT2D eigenvalue weighted by atomic mass is 9.94. The first-order valence-corrected chi connectivity index (χ1v) is 9.43. The second-order valence-corrected chi connectivity index (χ2v) is 6.94. The molecular weight excluding hydrogens is 360 g/mol. The standard InChI is InChI=1S/C26H18O3/c1-28-20-12-10-17(11-13-20)22-14-18-6-2-3-7-19(18)15-23(22)26-16-24(27)21-8-4-5-9-25(21)29-26/h2-16H,1H3. The van der Waals surface area contributed by atoms with E-state index in [4.69, 9.17) is 9.15 Å². The van der Waals surface area contributed by atoms with Crippen LogP contribution in [0.1, 0.15) is 0 Å². The van der Waals surface area contributed by atoms with Crippen LogP contribution in [-0.2, 0) is 0 Å². The van der Waals surface area contributed by atoms with Gasteiger partial charge < -0.3 is 9.15 Å². The van der Waals surface area contributed by atoms with Crippen molar-refractivity contribution in [2.75, 3.05) is 7.11 Å². The molecule has 0 aliphatic carbocycles. The molecule has 0 N–H and O–H groups in total. The predicted molar refractivity (Wildman–Crippen MR) is 117 cm³/mol. The van der Waals surface area contributed by atoms with Crippen LogP contribution in [0.25, 0.3) is 44.2 Å². The summed E-state index contributed by atoms with van der Waals surface area (Å²) >= 11 is 0. The average Bonchev–Trinajstić information content (AvgIpc) is 2.78. The van der Waals surface area contributed by atoms with Crippen molar-refractivity contribution < 1.29 is 9.15 Å². The molecule has 3 heteroatoms. The van der Waals surface area contributed by atoms with Crippen molar-refractivity contribution in [3.8, 4) is 28.2 Å². The van der Waals surface area contributed by atoms with Gasteiger partial charge in [-0.2, -0.15) is 0 Å². The van der Waals surface area contributed by atoms with E-state index in [0.29, 0.717) is 16.7 Å². The average molecular weight is 378 g/mol. The minimum Gasteiger partial charge on any atom is -0.497 e. The molecule has 1 aromatic heterocycles. The molecule has 0 saturated carbocycles. The Morgan fingerprint density at radius 3 is 2.10 bits per heavy atom. The molecule has 0 radical (unpaired) electrons. The maximum absolute atomic E-state index is 12.7. The van der Waals surface area contributed by atoms with Gasteiger partial charge in [-0.15, -0.1) is 0 Å². The fraction of sp³-hybridized carbons (Fsp3) is 0.0385. The third-order valence-electron chi connectivity index (χ3n) is 5.19. The lowest BCUT2D eigenvalue weighted by molar-refractivity contribution is 0.415. The summed E-state index contributed by atoms with van der Waals surface area (Å²) in [7, 11) is 1.65. The Morgan fingerprint density at radius 2 is 1.38 bits per heavy atom. The number of hydrogen-bond donors (Lipinski definition) is 0. The van der Waals surface area contributed by atoms with E-state index in [2.05, 4.69) is 24.3 Å². The maximum Gasteiger partial charge on any atom is 0.193 e. The van der Waals surface area contributed by atoms with Gasteiger partial charge in [-0.25, -0.2) is 0 Å². The van der Waals surface area contributed by atoms with Gasteiger partial charge in [0, 0.05) is 11.6 Å². The lowest BCUT2D eigenvalue weighted by Crippen LogP contribution is -2.00. The highest BCUT2D eigenvalue weighted by Crippen LogP contribution is 2.36. The molecule has 0 fully saturated rings. The number of methoxy groups -OCH3 is 1. The minimum absolute atomic E-state index is 0.0457. The highest BCUT2D eigenvalue weighted by molar-refractivity contribution is 5.96. The SMILES string of the molecule is COc1ccc(-c2cc3ccccc3cc2-c2cc(=O)c3ccccc3o2)cc1. The Morgan fingerprint density at radius 1 is 0.724 bits per heavy atom. The van der Waals surface area contributed by atoms with E-state index in [1.54, 1.807) is 19.2 Å². The summed E-state index contributed by atoms with van der Waals surface area (Å²) in [5.74, 6) is 1.36. The zero-order valence-corrected chi connectivity index (χ0v) is 15.9. The van der Waals surface area contributed by atoms with Crippen molar-refractivity contribution in [1.29, 1.82) is 0 Å². The molecular formula is C26H18O3. The molecule has 4 aromatic carbocycles. The number of benzene rings is 4. The second kappa shape index (κ2) is 6.95. The van der Waals surface area contributed by atoms with E-state index >= 15 is 0 Å². The van der Waals surface area contributed by atoms with Gasteiger partial charge in [0.05, 0.1) is 12.5 Å². The van der Waals surface area contributed by atoms with Crippen LogP contribution in [0.3, 0.4) is 0 Å². The van der Waals surface area contributed by atoms with E-state index in [-0.39, 0.29) is 5.43 Å². The zero-order valence-electron chi connectivity index (χ0n) is 15.9. The second-order valence-electron chi connectivity index (χ2n) is 6.94. The van der Waals surface area contributed by atoms with Crippen LogP contribution in [0.4, 0.5) is 0 Å². The fourth-order valence-electron chi connectivity index (χ4n) is 3.69. The van der Waals surface area contributed by atoms with Gasteiger partial charge in [0.25, 0.3) is 0 Å². The molecule has 0 atom stereocenters. The predicted octanol–water partition coefficient (Wildman–Crippen LogP) is 6.29. The van der Waals surface area contributed by atoms with Crippen LogP contribution >= 0.6 is 0 Å². The lowest BCUT2D eigenvalue weighted by Gasteiger charge is -2.13. The highest BCUT2D eigenvalue weighted by Gasteiger charge is 2.14. The van der Waals surface area contributed by atoms with Gasteiger partial charge in [-0.3, -0.25) is 4.79 Å². The van der Waals surface area contributed by atoms with Gasteiger partial charge in [0.15, 0.2) is 5.43 Å². The van der Waals surface area contributed by atoms with Crippen molar-refractivity contribution >= 4 is 21.7 Å². The molecule has 0 spiro atoms. The maximum atomic E-state index is 12.7. The quantitative estimate of drug-likeness (QED) is 0.370. The Hall–Kier alpha value is -3.85. The molecule has 0 bridgehead atoms. The summed E-state index contributed by atoms with van der Waals surface area (Å²) < 4.78 is 11.5. The summed E-state index contributed by atoms with van der Waals surface area (Å²) in [4.78, 5) is 12.7. The molecule has 5 aromatic rings. The van der Waals surface area contributed by atoms with Crippen LogP contribution in [-0.4, -0.2) is 7.11 Å². The van der Waals surface area contributed by atoms with E-state index < -0.39 is 0 Å². The van der Waals surface area contributed by atoms with Crippen molar-refractivity contribution in [3.63, 3.8) is 0 Å². The van der Waals surface area contributed by atoms with Gasteiger partial charge in [0.2, 0.25) is 0 Å². The Balaban J connectivity index is 1.81. The topological polar surface area (TPSA) is 39.4 Å². The van der Waals surface area contributed by atoms with Crippen molar-refractivity contribution in [2.24, 2.45) is 0 Å². The van der Waals surface area contributed by atoms with Crippen LogP contribution < -0.4 is 10.2 Å². The molecule has 0 amide bonds. The summed E-state index contributed by atoms with van der Waals surface area (Å²) in [5, 5.41) is 2.81. The molecule has 29 heavy (non-hydrogen) atoms. The first kappa shape index (κ1) is 17.3. The smallest absolute Gasteiger partial charge is 0.193 e. The Kier molecular flexibility index (Phi) is 4.14. The van der Waals surface area contributed by atoms with Crippen molar-refractivity contribution in [1.82, 2.24) is 0 Å². The summed E-state index contributed by atoms with van der Waals surface area (Å²) in [6.45, 7) is 0. The van der Waals surface area contributed by atoms with E-state index in [1.807, 2.05) is 54.6 Å². The van der Waals surface area contributed by atoms with Crippen molar-refractivity contribution in [3.05, 3.63) is 101 Å². The fourth-order valence-corrected chi connectivity index (χ4v) is 3.69. The van der Waals surface area contributed by atoms with Crippen LogP contribution in [0, 0.1) is 0 Å². The Bertz CT molecular complexity index is 1400. The Labute approximate surface area is 167 Å². The first-order chi connectivity index (χ1) is 14.2. The number of fused-ring (bicyclic) bond motifs is 2. The van der Waals surface area contributed by atoms with Crippen LogP contribution in [0.15, 0.2) is 100 Å². The normalized spacial score (nSPS) is 11.1. The van der Waals surface area contributed by atoms with Crippen LogP contribution in [0.5, 0.6) is 5.75 Å². The number of para-hydroxylation sites is 1. The summed E-state index contributed by atoms with van der Waals surface area (Å²) in [5.41, 5.74) is 3.46. The van der Waals surface area contributed by atoms with E-state index in [9.17, 15) is 4.79 Å². The molecule has 140 valence electrons. The third kappa shape index (κ3) is 3.07. The summed E-state index contributed by atoms with van der Waals surface area (Å²) in [6, 6.07) is 29.2. The van der Waals surface area contributed by atoms with E-state index in [1.165, 1.54) is 0 Å². The number of hydrogen-bond acceptors (Lipinski definition) is 3. The van der Waals surface area contributed by atoms with Gasteiger partial charge >= 0.3 is 0 Å². The largest absolute Gasteiger partial charge is 0.497 e. The van der Waals surface area contributed by atoms with Gasteiger partial charge in [0.1, 0.15) is 17.1 Å². The molecule has 5 rings (SSSR count). The zero-order chi connectivity index (χ0) is 19.8. The molecule has 0 saturated heterocycles. The molecule has 3 nitrogen and oxygen atoms in total. The first-order valence-electron chi connectivity index (χ1n) is 9.43. The molecule has 0 unspecified atom stereocenters. The number of rotatable bonds is 3. The molecule has 0 aliphatic heterocycles. The molecule has 0 aliphatic rings. The summed E-state index contributed by atoms with van der Waals surface area (Å²) in [6.07, 6.45) is 0. The minimum atomic E-state index is -0.0457. The highest BCUT2D eigenvalue weighted by atomic mass is 16.5.